The molecule has 0 bridgehead atoms. The molecular weight excluding hydrogens is 300 g/mol. The highest BCUT2D eigenvalue weighted by Crippen LogP contribution is 2.46. The quantitative estimate of drug-likeness (QED) is 0.607. The van der Waals surface area contributed by atoms with E-state index in [1.54, 1.807) is 11.8 Å². The molecule has 0 aromatic rings. The molecule has 0 aromatic carbocycles. The van der Waals surface area contributed by atoms with E-state index in [4.69, 9.17) is 12.2 Å². The summed E-state index contributed by atoms with van der Waals surface area (Å²) < 4.78 is 0.814. The SMILES string of the molecule is C=C1S/C(=C(/SC(=S)CS)C(=C)NC)N(C)C1=C. The first-order valence-electron chi connectivity index (χ1n) is 5.15. The Kier molecular flexibility index (Phi) is 5.91. The van der Waals surface area contributed by atoms with Gasteiger partial charge < -0.3 is 10.2 Å². The molecule has 1 fully saturated rings. The van der Waals surface area contributed by atoms with Gasteiger partial charge in [-0.15, -0.1) is 0 Å². The fourth-order valence-electron chi connectivity index (χ4n) is 1.25. The van der Waals surface area contributed by atoms with Crippen molar-refractivity contribution in [2.24, 2.45) is 0 Å². The Balaban J connectivity index is 3.16. The van der Waals surface area contributed by atoms with Gasteiger partial charge in [0.2, 0.25) is 0 Å². The molecule has 1 aliphatic heterocycles. The van der Waals surface area contributed by atoms with E-state index in [1.807, 2.05) is 19.0 Å². The van der Waals surface area contributed by atoms with Crippen molar-refractivity contribution in [2.45, 2.75) is 0 Å². The molecular formula is C12H16N2S4. The summed E-state index contributed by atoms with van der Waals surface area (Å²) in [7, 11) is 3.81. The summed E-state index contributed by atoms with van der Waals surface area (Å²) in [6.07, 6.45) is 0. The van der Waals surface area contributed by atoms with Gasteiger partial charge in [0, 0.05) is 36.1 Å². The van der Waals surface area contributed by atoms with Crippen molar-refractivity contribution in [2.75, 3.05) is 19.8 Å². The minimum Gasteiger partial charge on any atom is -0.388 e. The zero-order valence-electron chi connectivity index (χ0n) is 10.4. The number of hydrogen-bond acceptors (Lipinski definition) is 6. The number of rotatable bonds is 4. The summed E-state index contributed by atoms with van der Waals surface area (Å²) in [5.74, 6) is 0.560. The van der Waals surface area contributed by atoms with Gasteiger partial charge in [-0.25, -0.2) is 0 Å². The molecule has 1 saturated heterocycles. The first-order chi connectivity index (χ1) is 8.42. The standard InChI is InChI=1S/C12H16N2S4/c1-7(13-4)11(18-10(16)6-15)12-14(5)8(2)9(3)17-12/h13,15H,1-3,6H2,4-5H3/b12-11+. The van der Waals surface area contributed by atoms with Crippen molar-refractivity contribution in [3.05, 3.63) is 46.0 Å². The number of nitrogens with one attached hydrogen (secondary N) is 1. The molecule has 0 atom stereocenters. The molecule has 1 aliphatic rings. The lowest BCUT2D eigenvalue weighted by Crippen LogP contribution is -2.14. The average molecular weight is 317 g/mol. The van der Waals surface area contributed by atoms with E-state index in [1.165, 1.54) is 11.8 Å². The Morgan fingerprint density at radius 2 is 2.17 bits per heavy atom. The van der Waals surface area contributed by atoms with Crippen molar-refractivity contribution in [3.63, 3.8) is 0 Å². The lowest BCUT2D eigenvalue weighted by atomic mass is 10.4. The van der Waals surface area contributed by atoms with Gasteiger partial charge in [-0.05, 0) is 0 Å². The largest absolute Gasteiger partial charge is 0.388 e. The van der Waals surface area contributed by atoms with Crippen LogP contribution in [0.3, 0.4) is 0 Å². The van der Waals surface area contributed by atoms with Gasteiger partial charge in [0.25, 0.3) is 0 Å². The number of thioether (sulfide) groups is 2. The highest BCUT2D eigenvalue weighted by atomic mass is 32.2. The molecule has 0 aliphatic carbocycles. The van der Waals surface area contributed by atoms with Crippen molar-refractivity contribution >= 4 is 52.6 Å². The van der Waals surface area contributed by atoms with Gasteiger partial charge in [-0.1, -0.05) is 55.5 Å². The van der Waals surface area contributed by atoms with E-state index < -0.39 is 0 Å². The third-order valence-electron chi connectivity index (χ3n) is 2.37. The number of nitrogens with zero attached hydrogens (tertiary/aromatic N) is 1. The van der Waals surface area contributed by atoms with E-state index in [0.717, 1.165) is 30.4 Å². The highest BCUT2D eigenvalue weighted by Gasteiger charge is 2.26. The second-order valence-corrected chi connectivity index (χ2v) is 6.78. The lowest BCUT2D eigenvalue weighted by molar-refractivity contribution is 0.584. The van der Waals surface area contributed by atoms with Crippen LogP contribution in [0, 0.1) is 0 Å². The van der Waals surface area contributed by atoms with Gasteiger partial charge in [0.15, 0.2) is 0 Å². The Bertz CT molecular complexity index is 451. The predicted octanol–water partition coefficient (Wildman–Crippen LogP) is 3.59. The van der Waals surface area contributed by atoms with E-state index in [0.29, 0.717) is 5.75 Å². The normalized spacial score (nSPS) is 18.1. The molecule has 0 saturated carbocycles. The number of hydrogen-bond donors (Lipinski definition) is 2. The highest BCUT2D eigenvalue weighted by molar-refractivity contribution is 8.27. The smallest absolute Gasteiger partial charge is 0.0961 e. The van der Waals surface area contributed by atoms with Crippen LogP contribution >= 0.6 is 48.4 Å². The van der Waals surface area contributed by atoms with Crippen LogP contribution in [-0.4, -0.2) is 28.9 Å². The fraction of sp³-hybridized carbons (Fsp3) is 0.250. The van der Waals surface area contributed by atoms with Crippen LogP contribution in [0.1, 0.15) is 0 Å². The predicted molar refractivity (Wildman–Crippen MR) is 92.9 cm³/mol. The van der Waals surface area contributed by atoms with E-state index in [9.17, 15) is 0 Å². The first kappa shape index (κ1) is 15.8. The summed E-state index contributed by atoms with van der Waals surface area (Å²) in [6.45, 7) is 12.0. The van der Waals surface area contributed by atoms with Crippen LogP contribution in [0.15, 0.2) is 46.0 Å². The van der Waals surface area contributed by atoms with Crippen molar-refractivity contribution in [1.29, 1.82) is 0 Å². The molecule has 98 valence electrons. The summed E-state index contributed by atoms with van der Waals surface area (Å²) in [5.41, 5.74) is 1.75. The molecule has 6 heteroatoms. The Morgan fingerprint density at radius 1 is 1.56 bits per heavy atom. The monoisotopic (exact) mass is 316 g/mol. The molecule has 1 N–H and O–H groups in total. The van der Waals surface area contributed by atoms with Crippen LogP contribution in [0.2, 0.25) is 0 Å². The molecule has 0 spiro atoms. The van der Waals surface area contributed by atoms with E-state index in [-0.39, 0.29) is 0 Å². The van der Waals surface area contributed by atoms with Gasteiger partial charge in [0.05, 0.1) is 14.1 Å². The number of likely N-dealkylation sites (N-methyl/N-ethyl adjacent to an activating group) is 2. The molecule has 0 aromatic heterocycles. The van der Waals surface area contributed by atoms with Crippen molar-refractivity contribution in [1.82, 2.24) is 10.2 Å². The Labute approximate surface area is 128 Å². The summed E-state index contributed by atoms with van der Waals surface area (Å²) >= 11 is 12.5. The fourth-order valence-corrected chi connectivity index (χ4v) is 3.63. The third kappa shape index (κ3) is 3.38. The molecule has 0 unspecified atom stereocenters. The molecule has 1 heterocycles. The minimum absolute atomic E-state index is 0.560. The Hall–Kier alpha value is -0.300. The number of thiocarbonyl (C=S) groups is 1. The summed E-state index contributed by atoms with van der Waals surface area (Å²) in [4.78, 5) is 3.97. The lowest BCUT2D eigenvalue weighted by Gasteiger charge is -2.18. The maximum absolute atomic E-state index is 5.24. The van der Waals surface area contributed by atoms with Gasteiger partial charge in [-0.2, -0.15) is 12.6 Å². The van der Waals surface area contributed by atoms with Crippen LogP contribution in [0.4, 0.5) is 0 Å². The molecule has 2 nitrogen and oxygen atoms in total. The van der Waals surface area contributed by atoms with Gasteiger partial charge >= 0.3 is 0 Å². The van der Waals surface area contributed by atoms with Gasteiger partial charge in [-0.3, -0.25) is 0 Å². The molecule has 1 rings (SSSR count). The summed E-state index contributed by atoms with van der Waals surface area (Å²) in [6, 6.07) is 0. The number of thiol groups is 1. The Morgan fingerprint density at radius 3 is 2.56 bits per heavy atom. The van der Waals surface area contributed by atoms with E-state index >= 15 is 0 Å². The molecule has 0 radical (unpaired) electrons. The maximum Gasteiger partial charge on any atom is 0.0961 e. The second kappa shape index (κ2) is 6.75. The van der Waals surface area contributed by atoms with Crippen molar-refractivity contribution in [3.8, 4) is 0 Å². The zero-order valence-corrected chi connectivity index (χ0v) is 13.8. The topological polar surface area (TPSA) is 15.3 Å². The molecule has 0 amide bonds. The zero-order chi connectivity index (χ0) is 13.9. The van der Waals surface area contributed by atoms with Crippen LogP contribution in [0.5, 0.6) is 0 Å². The second-order valence-electron chi connectivity index (χ2n) is 3.53. The van der Waals surface area contributed by atoms with Crippen LogP contribution < -0.4 is 5.32 Å². The van der Waals surface area contributed by atoms with Crippen LogP contribution in [0.25, 0.3) is 0 Å². The van der Waals surface area contributed by atoms with Gasteiger partial charge in [0.1, 0.15) is 0 Å². The van der Waals surface area contributed by atoms with Crippen molar-refractivity contribution < 1.29 is 0 Å². The third-order valence-corrected chi connectivity index (χ3v) is 5.80. The summed E-state index contributed by atoms with van der Waals surface area (Å²) in [5, 5.41) is 4.12. The maximum atomic E-state index is 5.24. The minimum atomic E-state index is 0.560. The average Bonchev–Trinajstić information content (AvgIpc) is 2.62. The van der Waals surface area contributed by atoms with Crippen LogP contribution in [-0.2, 0) is 0 Å². The molecule has 18 heavy (non-hydrogen) atoms. The first-order valence-corrected chi connectivity index (χ1v) is 7.82. The van der Waals surface area contributed by atoms with E-state index in [2.05, 4.69) is 37.7 Å².